The van der Waals surface area contributed by atoms with Crippen LogP contribution in [0.2, 0.25) is 0 Å². The molecule has 1 unspecified atom stereocenters. The van der Waals surface area contributed by atoms with Crippen LogP contribution in [0.1, 0.15) is 37.9 Å². The van der Waals surface area contributed by atoms with Crippen LogP contribution in [0.15, 0.2) is 24.4 Å². The molecule has 0 saturated heterocycles. The van der Waals surface area contributed by atoms with Crippen molar-refractivity contribution in [2.24, 2.45) is 0 Å². The molecule has 2 rings (SSSR count). The molecule has 7 heteroatoms. The number of nitrogens with one attached hydrogen (secondary N) is 2. The average Bonchev–Trinajstić information content (AvgIpc) is 3.28. The Bertz CT molecular complexity index is 531. The Labute approximate surface area is 127 Å². The van der Waals surface area contributed by atoms with Gasteiger partial charge in [-0.3, -0.25) is 4.98 Å². The zero-order chi connectivity index (χ0) is 15.3. The summed E-state index contributed by atoms with van der Waals surface area (Å²) >= 11 is 0. The van der Waals surface area contributed by atoms with E-state index in [1.165, 1.54) is 17.1 Å². The monoisotopic (exact) mass is 312 g/mol. The first-order chi connectivity index (χ1) is 9.99. The Morgan fingerprint density at radius 2 is 2.19 bits per heavy atom. The second kappa shape index (κ2) is 7.31. The second-order valence-corrected chi connectivity index (χ2v) is 7.31. The maximum absolute atomic E-state index is 12.2. The summed E-state index contributed by atoms with van der Waals surface area (Å²) in [7, 11) is -1.88. The van der Waals surface area contributed by atoms with Gasteiger partial charge in [0.05, 0.1) is 11.7 Å². The Morgan fingerprint density at radius 3 is 2.81 bits per heavy atom. The van der Waals surface area contributed by atoms with Crippen molar-refractivity contribution in [3.63, 3.8) is 0 Å². The fourth-order valence-corrected chi connectivity index (χ4v) is 3.14. The number of hydrogen-bond donors (Lipinski definition) is 2. The van der Waals surface area contributed by atoms with Crippen LogP contribution in [0.4, 0.5) is 0 Å². The van der Waals surface area contributed by atoms with Crippen LogP contribution in [0, 0.1) is 0 Å². The van der Waals surface area contributed by atoms with E-state index >= 15 is 0 Å². The van der Waals surface area contributed by atoms with E-state index in [2.05, 4.69) is 15.0 Å². The molecular formula is C14H24N4O2S. The van der Waals surface area contributed by atoms with Crippen LogP contribution < -0.4 is 10.0 Å². The molecule has 1 aliphatic carbocycles. The summed E-state index contributed by atoms with van der Waals surface area (Å²) in [4.78, 5) is 4.17. The molecule has 1 aromatic rings. The Hall–Kier alpha value is -1.02. The molecule has 1 aromatic heterocycles. The van der Waals surface area contributed by atoms with E-state index in [-0.39, 0.29) is 6.04 Å². The van der Waals surface area contributed by atoms with E-state index in [0.29, 0.717) is 18.3 Å². The Morgan fingerprint density at radius 1 is 1.43 bits per heavy atom. The molecule has 1 aliphatic rings. The zero-order valence-corrected chi connectivity index (χ0v) is 13.4. The quantitative estimate of drug-likeness (QED) is 0.669. The maximum Gasteiger partial charge on any atom is 0.279 e. The molecule has 0 bridgehead atoms. The maximum atomic E-state index is 12.2. The van der Waals surface area contributed by atoms with E-state index in [1.807, 2.05) is 18.2 Å². The van der Waals surface area contributed by atoms with Gasteiger partial charge in [0.2, 0.25) is 0 Å². The summed E-state index contributed by atoms with van der Waals surface area (Å²) in [6.45, 7) is 3.16. The normalized spacial score (nSPS) is 17.1. The van der Waals surface area contributed by atoms with Crippen LogP contribution in [0.25, 0.3) is 0 Å². The van der Waals surface area contributed by atoms with Crippen molar-refractivity contribution in [1.29, 1.82) is 0 Å². The molecule has 118 valence electrons. The van der Waals surface area contributed by atoms with E-state index in [9.17, 15) is 8.42 Å². The van der Waals surface area contributed by atoms with E-state index in [1.54, 1.807) is 20.2 Å². The molecule has 6 nitrogen and oxygen atoms in total. The van der Waals surface area contributed by atoms with Gasteiger partial charge in [0.25, 0.3) is 10.2 Å². The van der Waals surface area contributed by atoms with Crippen molar-refractivity contribution >= 4 is 10.2 Å². The van der Waals surface area contributed by atoms with Crippen LogP contribution in [-0.2, 0) is 10.2 Å². The van der Waals surface area contributed by atoms with Gasteiger partial charge in [-0.2, -0.15) is 17.4 Å². The fraction of sp³-hybridized carbons (Fsp3) is 0.643. The van der Waals surface area contributed by atoms with Crippen molar-refractivity contribution in [1.82, 2.24) is 19.3 Å². The lowest BCUT2D eigenvalue weighted by Crippen LogP contribution is -2.40. The standard InChI is InChI=1S/C14H24N4O2S/c1-12(14-6-3-4-9-16-14)17-21(19,20)18(2)11-5-10-15-13-7-8-13/h3-4,6,9,12-13,15,17H,5,7-8,10-11H2,1-2H3. The van der Waals surface area contributed by atoms with Crippen molar-refractivity contribution in [2.45, 2.75) is 38.3 Å². The molecule has 2 N–H and O–H groups in total. The van der Waals surface area contributed by atoms with Gasteiger partial charge in [0, 0.05) is 25.8 Å². The predicted molar refractivity (Wildman–Crippen MR) is 83.0 cm³/mol. The predicted octanol–water partition coefficient (Wildman–Crippen LogP) is 1.05. The first-order valence-corrected chi connectivity index (χ1v) is 8.81. The SMILES string of the molecule is CC(NS(=O)(=O)N(C)CCCNC1CC1)c1ccccn1. The molecule has 0 radical (unpaired) electrons. The smallest absolute Gasteiger partial charge is 0.279 e. The number of rotatable bonds is 9. The van der Waals surface area contributed by atoms with E-state index in [0.717, 1.165) is 13.0 Å². The third-order valence-electron chi connectivity index (χ3n) is 3.53. The highest BCUT2D eigenvalue weighted by molar-refractivity contribution is 7.87. The Kier molecular flexibility index (Phi) is 5.69. The molecule has 1 atom stereocenters. The van der Waals surface area contributed by atoms with Gasteiger partial charge in [-0.15, -0.1) is 0 Å². The van der Waals surface area contributed by atoms with Gasteiger partial charge in [0.1, 0.15) is 0 Å². The summed E-state index contributed by atoms with van der Waals surface area (Å²) in [5, 5.41) is 3.38. The molecule has 1 heterocycles. The van der Waals surface area contributed by atoms with E-state index < -0.39 is 10.2 Å². The zero-order valence-electron chi connectivity index (χ0n) is 12.6. The van der Waals surface area contributed by atoms with Crippen LogP contribution in [0.3, 0.4) is 0 Å². The molecule has 1 fully saturated rings. The molecule has 0 spiro atoms. The summed E-state index contributed by atoms with van der Waals surface area (Å²) in [5.41, 5.74) is 0.713. The second-order valence-electron chi connectivity index (χ2n) is 5.50. The van der Waals surface area contributed by atoms with Gasteiger partial charge in [0.15, 0.2) is 0 Å². The average molecular weight is 312 g/mol. The highest BCUT2D eigenvalue weighted by atomic mass is 32.2. The number of nitrogens with zero attached hydrogens (tertiary/aromatic N) is 2. The van der Waals surface area contributed by atoms with Gasteiger partial charge in [-0.25, -0.2) is 0 Å². The summed E-state index contributed by atoms with van der Waals surface area (Å²) in [6, 6.07) is 5.79. The first-order valence-electron chi connectivity index (χ1n) is 7.37. The molecule has 0 aliphatic heterocycles. The molecular weight excluding hydrogens is 288 g/mol. The van der Waals surface area contributed by atoms with Gasteiger partial charge < -0.3 is 5.32 Å². The number of pyridine rings is 1. The van der Waals surface area contributed by atoms with Crippen LogP contribution in [-0.4, -0.2) is 43.9 Å². The minimum atomic E-state index is -3.48. The van der Waals surface area contributed by atoms with Gasteiger partial charge in [-0.1, -0.05) is 6.07 Å². The van der Waals surface area contributed by atoms with Crippen molar-refractivity contribution in [3.05, 3.63) is 30.1 Å². The summed E-state index contributed by atoms with van der Waals surface area (Å²) < 4.78 is 28.5. The lowest BCUT2D eigenvalue weighted by atomic mass is 10.2. The van der Waals surface area contributed by atoms with Crippen LogP contribution in [0.5, 0.6) is 0 Å². The topological polar surface area (TPSA) is 74.3 Å². The number of aromatic nitrogens is 1. The van der Waals surface area contributed by atoms with Crippen molar-refractivity contribution < 1.29 is 8.42 Å². The van der Waals surface area contributed by atoms with Gasteiger partial charge >= 0.3 is 0 Å². The Balaban J connectivity index is 1.78. The van der Waals surface area contributed by atoms with Crippen molar-refractivity contribution in [2.75, 3.05) is 20.1 Å². The highest BCUT2D eigenvalue weighted by Gasteiger charge is 2.22. The minimum absolute atomic E-state index is 0.344. The highest BCUT2D eigenvalue weighted by Crippen LogP contribution is 2.18. The van der Waals surface area contributed by atoms with Crippen molar-refractivity contribution in [3.8, 4) is 0 Å². The lowest BCUT2D eigenvalue weighted by molar-refractivity contribution is 0.437. The third kappa shape index (κ3) is 5.35. The fourth-order valence-electron chi connectivity index (χ4n) is 2.02. The summed E-state index contributed by atoms with van der Waals surface area (Å²) in [6.07, 6.45) is 4.97. The third-order valence-corrected chi connectivity index (χ3v) is 5.18. The molecule has 0 amide bonds. The molecule has 1 saturated carbocycles. The first kappa shape index (κ1) is 16.4. The molecule has 0 aromatic carbocycles. The van der Waals surface area contributed by atoms with Gasteiger partial charge in [-0.05, 0) is 44.9 Å². The van der Waals surface area contributed by atoms with Crippen LogP contribution >= 0.6 is 0 Å². The lowest BCUT2D eigenvalue weighted by Gasteiger charge is -2.21. The van der Waals surface area contributed by atoms with E-state index in [4.69, 9.17) is 0 Å². The number of hydrogen-bond acceptors (Lipinski definition) is 4. The summed E-state index contributed by atoms with van der Waals surface area (Å²) in [5.74, 6) is 0. The minimum Gasteiger partial charge on any atom is -0.314 e. The largest absolute Gasteiger partial charge is 0.314 e. The molecule has 21 heavy (non-hydrogen) atoms.